The molecule has 4 heterocycles. The molecule has 22 heavy (non-hydrogen) atoms. The van der Waals surface area contributed by atoms with Crippen molar-refractivity contribution in [2.45, 2.75) is 12.3 Å². The van der Waals surface area contributed by atoms with Crippen molar-refractivity contribution in [3.8, 4) is 0 Å². The molecule has 0 spiro atoms. The molecule has 2 aliphatic heterocycles. The van der Waals surface area contributed by atoms with E-state index in [1.165, 1.54) is 0 Å². The van der Waals surface area contributed by atoms with Crippen LogP contribution in [0.25, 0.3) is 11.1 Å². The maximum atomic E-state index is 6.15. The zero-order valence-corrected chi connectivity index (χ0v) is 13.3. The van der Waals surface area contributed by atoms with Gasteiger partial charge in [-0.3, -0.25) is 0 Å². The number of ether oxygens (including phenoxy) is 1. The van der Waals surface area contributed by atoms with E-state index in [-0.39, 0.29) is 5.28 Å². The van der Waals surface area contributed by atoms with Crippen LogP contribution in [0.1, 0.15) is 18.1 Å². The lowest BCUT2D eigenvalue weighted by molar-refractivity contribution is 0.122. The van der Waals surface area contributed by atoms with Gasteiger partial charge in [-0.05, 0) is 31.6 Å². The Balaban J connectivity index is 1.74. The number of likely N-dealkylation sites (N-methyl/N-ethyl adjacent to an activating group) is 1. The molecule has 2 saturated heterocycles. The molecule has 0 saturated carbocycles. The molecule has 118 valence electrons. The van der Waals surface area contributed by atoms with E-state index in [0.717, 1.165) is 55.3 Å². The van der Waals surface area contributed by atoms with E-state index in [9.17, 15) is 0 Å². The highest BCUT2D eigenvalue weighted by molar-refractivity contribution is 6.28. The van der Waals surface area contributed by atoms with Gasteiger partial charge in [-0.2, -0.15) is 4.98 Å². The third-order valence-corrected chi connectivity index (χ3v) is 4.62. The fourth-order valence-corrected chi connectivity index (χ4v) is 3.43. The number of rotatable bonds is 2. The lowest BCUT2D eigenvalue weighted by Gasteiger charge is -2.27. The number of morpholine rings is 1. The lowest BCUT2D eigenvalue weighted by Crippen LogP contribution is -2.36. The average molecular weight is 323 g/mol. The smallest absolute Gasteiger partial charge is 0.225 e. The minimum absolute atomic E-state index is 0.268. The van der Waals surface area contributed by atoms with Crippen LogP contribution in [0.3, 0.4) is 0 Å². The van der Waals surface area contributed by atoms with Crippen LogP contribution in [0, 0.1) is 0 Å². The van der Waals surface area contributed by atoms with Crippen molar-refractivity contribution in [3.05, 3.63) is 17.1 Å². The molecule has 0 aliphatic carbocycles. The second-order valence-electron chi connectivity index (χ2n) is 6.03. The molecule has 2 fully saturated rings. The molecule has 2 aromatic rings. The first-order chi connectivity index (χ1) is 10.7. The number of nitrogens with zero attached hydrogens (tertiary/aromatic N) is 4. The maximum Gasteiger partial charge on any atom is 0.225 e. The molecule has 0 amide bonds. The molecule has 0 N–H and O–H groups in total. The van der Waals surface area contributed by atoms with Crippen molar-refractivity contribution in [3.63, 3.8) is 0 Å². The standard InChI is InChI=1S/C15H19ClN4O2/c1-19-3-2-10(9-19)12-8-11-13(22-12)14(18-15(16)17-11)20-4-6-21-7-5-20/h8,10H,2-7,9H2,1H3. The number of halogens is 1. The number of fused-ring (bicyclic) bond motifs is 1. The van der Waals surface area contributed by atoms with Gasteiger partial charge < -0.3 is 19.0 Å². The van der Waals surface area contributed by atoms with Crippen LogP contribution >= 0.6 is 11.6 Å². The molecule has 2 aromatic heterocycles. The Kier molecular flexibility index (Phi) is 3.68. The Morgan fingerprint density at radius 1 is 1.23 bits per heavy atom. The highest BCUT2D eigenvalue weighted by Crippen LogP contribution is 2.34. The van der Waals surface area contributed by atoms with Gasteiger partial charge in [-0.25, -0.2) is 4.98 Å². The second kappa shape index (κ2) is 5.68. The number of furan rings is 1. The van der Waals surface area contributed by atoms with Crippen molar-refractivity contribution in [2.75, 3.05) is 51.3 Å². The van der Waals surface area contributed by atoms with Gasteiger partial charge in [0.25, 0.3) is 0 Å². The summed E-state index contributed by atoms with van der Waals surface area (Å²) in [7, 11) is 2.14. The van der Waals surface area contributed by atoms with Gasteiger partial charge in [0, 0.05) is 31.6 Å². The summed E-state index contributed by atoms with van der Waals surface area (Å²) < 4.78 is 11.6. The molecule has 2 aliphatic rings. The Bertz CT molecular complexity index is 683. The number of hydrogen-bond donors (Lipinski definition) is 0. The molecule has 7 heteroatoms. The fourth-order valence-electron chi connectivity index (χ4n) is 3.26. The third-order valence-electron chi connectivity index (χ3n) is 4.45. The SMILES string of the molecule is CN1CCC(c2cc3nc(Cl)nc(N4CCOCC4)c3o2)C1. The van der Waals surface area contributed by atoms with Gasteiger partial charge in [0.1, 0.15) is 11.3 Å². The Morgan fingerprint density at radius 2 is 2.05 bits per heavy atom. The summed E-state index contributed by atoms with van der Waals surface area (Å²) in [6, 6.07) is 2.02. The summed E-state index contributed by atoms with van der Waals surface area (Å²) in [5.74, 6) is 2.21. The minimum Gasteiger partial charge on any atom is -0.455 e. The maximum absolute atomic E-state index is 6.15. The van der Waals surface area contributed by atoms with E-state index < -0.39 is 0 Å². The van der Waals surface area contributed by atoms with Gasteiger partial charge in [-0.1, -0.05) is 0 Å². The van der Waals surface area contributed by atoms with E-state index in [2.05, 4.69) is 26.8 Å². The first kappa shape index (κ1) is 14.2. The normalized spacial score (nSPS) is 23.5. The highest BCUT2D eigenvalue weighted by Gasteiger charge is 2.27. The highest BCUT2D eigenvalue weighted by atomic mass is 35.5. The fraction of sp³-hybridized carbons (Fsp3) is 0.600. The molecular formula is C15H19ClN4O2. The van der Waals surface area contributed by atoms with Crippen LogP contribution in [0.2, 0.25) is 5.28 Å². The third kappa shape index (κ3) is 2.55. The zero-order valence-electron chi connectivity index (χ0n) is 12.6. The van der Waals surface area contributed by atoms with E-state index in [4.69, 9.17) is 20.8 Å². The van der Waals surface area contributed by atoms with Gasteiger partial charge >= 0.3 is 0 Å². The Hall–Kier alpha value is -1.37. The first-order valence-electron chi connectivity index (χ1n) is 7.69. The van der Waals surface area contributed by atoms with Crippen molar-refractivity contribution >= 4 is 28.5 Å². The first-order valence-corrected chi connectivity index (χ1v) is 8.07. The van der Waals surface area contributed by atoms with Crippen molar-refractivity contribution < 1.29 is 9.15 Å². The molecule has 6 nitrogen and oxygen atoms in total. The van der Waals surface area contributed by atoms with Gasteiger partial charge in [0.05, 0.1) is 13.2 Å². The van der Waals surface area contributed by atoms with Crippen LogP contribution in [-0.2, 0) is 4.74 Å². The lowest BCUT2D eigenvalue weighted by atomic mass is 10.1. The van der Waals surface area contributed by atoms with Crippen LogP contribution < -0.4 is 4.90 Å². The van der Waals surface area contributed by atoms with Crippen LogP contribution in [0.4, 0.5) is 5.82 Å². The summed E-state index contributed by atoms with van der Waals surface area (Å²) >= 11 is 6.11. The minimum atomic E-state index is 0.268. The summed E-state index contributed by atoms with van der Waals surface area (Å²) in [5.41, 5.74) is 1.54. The topological polar surface area (TPSA) is 54.6 Å². The molecule has 0 bridgehead atoms. The van der Waals surface area contributed by atoms with E-state index >= 15 is 0 Å². The van der Waals surface area contributed by atoms with Crippen molar-refractivity contribution in [2.24, 2.45) is 0 Å². The summed E-state index contributed by atoms with van der Waals surface area (Å²) in [5, 5.41) is 0.268. The predicted octanol–water partition coefficient (Wildman–Crippen LogP) is 2.13. The molecule has 4 rings (SSSR count). The predicted molar refractivity (Wildman–Crippen MR) is 84.7 cm³/mol. The van der Waals surface area contributed by atoms with Crippen LogP contribution in [0.5, 0.6) is 0 Å². The van der Waals surface area contributed by atoms with Gasteiger partial charge in [0.2, 0.25) is 5.28 Å². The zero-order chi connectivity index (χ0) is 15.1. The molecule has 1 unspecified atom stereocenters. The van der Waals surface area contributed by atoms with E-state index in [0.29, 0.717) is 19.1 Å². The molecule has 0 aromatic carbocycles. The van der Waals surface area contributed by atoms with Gasteiger partial charge in [-0.15, -0.1) is 0 Å². The Morgan fingerprint density at radius 3 is 2.77 bits per heavy atom. The number of anilines is 1. The van der Waals surface area contributed by atoms with Crippen molar-refractivity contribution in [1.82, 2.24) is 14.9 Å². The summed E-state index contributed by atoms with van der Waals surface area (Å²) in [6.07, 6.45) is 1.12. The number of likely N-dealkylation sites (tertiary alicyclic amines) is 1. The van der Waals surface area contributed by atoms with E-state index in [1.807, 2.05) is 6.07 Å². The van der Waals surface area contributed by atoms with Crippen molar-refractivity contribution in [1.29, 1.82) is 0 Å². The quantitative estimate of drug-likeness (QED) is 0.790. The number of aromatic nitrogens is 2. The second-order valence-corrected chi connectivity index (χ2v) is 6.36. The summed E-state index contributed by atoms with van der Waals surface area (Å²) in [4.78, 5) is 13.2. The molecule has 0 radical (unpaired) electrons. The van der Waals surface area contributed by atoms with Gasteiger partial charge in [0.15, 0.2) is 11.4 Å². The largest absolute Gasteiger partial charge is 0.455 e. The Labute approximate surface area is 134 Å². The monoisotopic (exact) mass is 322 g/mol. The number of hydrogen-bond acceptors (Lipinski definition) is 6. The van der Waals surface area contributed by atoms with E-state index in [1.54, 1.807) is 0 Å². The summed E-state index contributed by atoms with van der Waals surface area (Å²) in [6.45, 7) is 5.11. The molecular weight excluding hydrogens is 304 g/mol. The molecule has 1 atom stereocenters. The van der Waals surface area contributed by atoms with Crippen LogP contribution in [-0.4, -0.2) is 61.3 Å². The van der Waals surface area contributed by atoms with Crippen LogP contribution in [0.15, 0.2) is 10.5 Å². The average Bonchev–Trinajstić information content (AvgIpc) is 3.13.